The lowest BCUT2D eigenvalue weighted by Crippen LogP contribution is -2.65. The average Bonchev–Trinajstić information content (AvgIpc) is 3.27. The lowest BCUT2D eigenvalue weighted by Gasteiger charge is -2.50. The predicted octanol–water partition coefficient (Wildman–Crippen LogP) is 2.41. The smallest absolute Gasteiger partial charge is 0.0702 e. The van der Waals surface area contributed by atoms with E-state index in [1.54, 1.807) is 0 Å². The highest BCUT2D eigenvalue weighted by molar-refractivity contribution is 5.05. The van der Waals surface area contributed by atoms with E-state index in [1.807, 2.05) is 0 Å². The Kier molecular flexibility index (Phi) is 4.16. The van der Waals surface area contributed by atoms with Crippen molar-refractivity contribution in [3.63, 3.8) is 0 Å². The lowest BCUT2D eigenvalue weighted by molar-refractivity contribution is -0.0478. The second-order valence-corrected chi connectivity index (χ2v) is 7.01. The summed E-state index contributed by atoms with van der Waals surface area (Å²) in [6.45, 7) is 9.30. The van der Waals surface area contributed by atoms with Crippen molar-refractivity contribution in [3.8, 4) is 0 Å². The number of nitrogens with one attached hydrogen (secondary N) is 1. The van der Waals surface area contributed by atoms with Crippen LogP contribution in [0.1, 0.15) is 52.4 Å². The number of rotatable bonds is 4. The highest BCUT2D eigenvalue weighted by Crippen LogP contribution is 2.44. The van der Waals surface area contributed by atoms with Crippen LogP contribution in [-0.2, 0) is 4.74 Å². The fourth-order valence-corrected chi connectivity index (χ4v) is 3.86. The van der Waals surface area contributed by atoms with Crippen molar-refractivity contribution in [1.29, 1.82) is 0 Å². The molecule has 3 fully saturated rings. The Morgan fingerprint density at radius 2 is 2.11 bits per heavy atom. The summed E-state index contributed by atoms with van der Waals surface area (Å²) in [6.07, 6.45) is 8.46. The largest absolute Gasteiger partial charge is 0.377 e. The topological polar surface area (TPSA) is 24.5 Å². The molecule has 0 aromatic carbocycles. The summed E-state index contributed by atoms with van der Waals surface area (Å²) in [5.41, 5.74) is 0.381. The van der Waals surface area contributed by atoms with Gasteiger partial charge in [0.25, 0.3) is 0 Å². The molecule has 1 N–H and O–H groups in total. The van der Waals surface area contributed by atoms with Crippen molar-refractivity contribution in [1.82, 2.24) is 10.2 Å². The molecule has 0 aromatic heterocycles. The quantitative estimate of drug-likeness (QED) is 0.845. The van der Waals surface area contributed by atoms with Crippen molar-refractivity contribution in [3.05, 3.63) is 0 Å². The van der Waals surface area contributed by atoms with Gasteiger partial charge in [-0.15, -0.1) is 0 Å². The van der Waals surface area contributed by atoms with Crippen molar-refractivity contribution >= 4 is 0 Å². The van der Waals surface area contributed by atoms with Crippen LogP contribution in [0.3, 0.4) is 0 Å². The summed E-state index contributed by atoms with van der Waals surface area (Å²) >= 11 is 0. The minimum Gasteiger partial charge on any atom is -0.377 e. The summed E-state index contributed by atoms with van der Waals surface area (Å²) in [7, 11) is 0. The molecule has 0 aromatic rings. The minimum absolute atomic E-state index is 0.381. The van der Waals surface area contributed by atoms with Crippen LogP contribution in [0.25, 0.3) is 0 Å². The van der Waals surface area contributed by atoms with Crippen LogP contribution in [0.2, 0.25) is 0 Å². The van der Waals surface area contributed by atoms with Gasteiger partial charge < -0.3 is 10.1 Å². The van der Waals surface area contributed by atoms with Crippen LogP contribution in [-0.4, -0.2) is 48.8 Å². The second-order valence-electron chi connectivity index (χ2n) is 7.01. The zero-order chi connectivity index (χ0) is 13.3. The molecule has 2 heterocycles. The van der Waals surface area contributed by atoms with Crippen LogP contribution < -0.4 is 5.32 Å². The Morgan fingerprint density at radius 3 is 2.74 bits per heavy atom. The van der Waals surface area contributed by atoms with Crippen molar-refractivity contribution < 1.29 is 4.74 Å². The Morgan fingerprint density at radius 1 is 1.26 bits per heavy atom. The van der Waals surface area contributed by atoms with Gasteiger partial charge in [0, 0.05) is 37.8 Å². The number of piperazine rings is 1. The van der Waals surface area contributed by atoms with Gasteiger partial charge in [-0.1, -0.05) is 6.92 Å². The molecule has 19 heavy (non-hydrogen) atoms. The van der Waals surface area contributed by atoms with Crippen LogP contribution >= 0.6 is 0 Å². The van der Waals surface area contributed by atoms with Crippen LogP contribution in [0, 0.1) is 5.92 Å². The SMILES string of the molecule is CCC1CN(CC2CCCCO2)C(C)(C2CC2)CN1. The normalized spacial score (nSPS) is 41.4. The maximum absolute atomic E-state index is 5.98. The number of hydrogen-bond acceptors (Lipinski definition) is 3. The molecule has 2 saturated heterocycles. The van der Waals surface area contributed by atoms with Crippen LogP contribution in [0.4, 0.5) is 0 Å². The molecule has 110 valence electrons. The van der Waals surface area contributed by atoms with Gasteiger partial charge in [0.2, 0.25) is 0 Å². The number of nitrogens with zero attached hydrogens (tertiary/aromatic N) is 1. The van der Waals surface area contributed by atoms with Gasteiger partial charge in [0.05, 0.1) is 6.10 Å². The average molecular weight is 266 g/mol. The van der Waals surface area contributed by atoms with Crippen molar-refractivity contribution in [2.45, 2.75) is 70.1 Å². The fourth-order valence-electron chi connectivity index (χ4n) is 3.86. The third kappa shape index (κ3) is 2.98. The first-order valence-corrected chi connectivity index (χ1v) is 8.32. The van der Waals surface area contributed by atoms with Gasteiger partial charge in [0.1, 0.15) is 0 Å². The molecule has 3 aliphatic rings. The molecule has 3 nitrogen and oxygen atoms in total. The summed E-state index contributed by atoms with van der Waals surface area (Å²) in [4.78, 5) is 2.77. The summed E-state index contributed by atoms with van der Waals surface area (Å²) < 4.78 is 5.98. The van der Waals surface area contributed by atoms with E-state index in [9.17, 15) is 0 Å². The van der Waals surface area contributed by atoms with Gasteiger partial charge in [-0.05, 0) is 51.4 Å². The maximum atomic E-state index is 5.98. The van der Waals surface area contributed by atoms with Gasteiger partial charge >= 0.3 is 0 Å². The molecule has 0 spiro atoms. The van der Waals surface area contributed by atoms with E-state index in [2.05, 4.69) is 24.1 Å². The third-order valence-corrected chi connectivity index (χ3v) is 5.56. The zero-order valence-electron chi connectivity index (χ0n) is 12.7. The molecule has 1 aliphatic carbocycles. The molecule has 2 aliphatic heterocycles. The summed E-state index contributed by atoms with van der Waals surface area (Å²) in [6, 6.07) is 0.676. The fraction of sp³-hybridized carbons (Fsp3) is 1.00. The Balaban J connectivity index is 1.65. The van der Waals surface area contributed by atoms with Gasteiger partial charge in [-0.25, -0.2) is 0 Å². The molecule has 0 radical (unpaired) electrons. The lowest BCUT2D eigenvalue weighted by atomic mass is 9.88. The highest BCUT2D eigenvalue weighted by atomic mass is 16.5. The van der Waals surface area contributed by atoms with Crippen LogP contribution in [0.15, 0.2) is 0 Å². The van der Waals surface area contributed by atoms with Gasteiger partial charge in [0.15, 0.2) is 0 Å². The van der Waals surface area contributed by atoms with E-state index in [0.29, 0.717) is 17.7 Å². The first kappa shape index (κ1) is 13.8. The van der Waals surface area contributed by atoms with E-state index in [0.717, 1.165) is 19.1 Å². The number of ether oxygens (including phenoxy) is 1. The van der Waals surface area contributed by atoms with E-state index in [1.165, 1.54) is 51.6 Å². The van der Waals surface area contributed by atoms with Crippen molar-refractivity contribution in [2.75, 3.05) is 26.2 Å². The predicted molar refractivity (Wildman–Crippen MR) is 78.4 cm³/mol. The van der Waals surface area contributed by atoms with Crippen LogP contribution in [0.5, 0.6) is 0 Å². The van der Waals surface area contributed by atoms with Gasteiger partial charge in [-0.2, -0.15) is 0 Å². The summed E-state index contributed by atoms with van der Waals surface area (Å²) in [5.74, 6) is 0.918. The summed E-state index contributed by atoms with van der Waals surface area (Å²) in [5, 5.41) is 3.77. The monoisotopic (exact) mass is 266 g/mol. The molecular formula is C16H30N2O. The molecule has 0 amide bonds. The molecule has 3 unspecified atom stereocenters. The number of hydrogen-bond donors (Lipinski definition) is 1. The Labute approximate surface area is 118 Å². The standard InChI is InChI=1S/C16H30N2O/c1-3-14-10-18(11-15-6-4-5-9-19-15)16(2,12-17-14)13-7-8-13/h13-15,17H,3-12H2,1-2H3. The first-order valence-electron chi connectivity index (χ1n) is 8.32. The van der Waals surface area contributed by atoms with E-state index in [4.69, 9.17) is 4.74 Å². The Hall–Kier alpha value is -0.120. The Bertz CT molecular complexity index is 299. The molecular weight excluding hydrogens is 236 g/mol. The molecule has 0 bridgehead atoms. The first-order chi connectivity index (χ1) is 9.22. The molecule has 3 heteroatoms. The van der Waals surface area contributed by atoms with Crippen molar-refractivity contribution in [2.24, 2.45) is 5.92 Å². The second kappa shape index (κ2) is 5.71. The van der Waals surface area contributed by atoms with Gasteiger partial charge in [-0.3, -0.25) is 4.90 Å². The van der Waals surface area contributed by atoms with E-state index >= 15 is 0 Å². The third-order valence-electron chi connectivity index (χ3n) is 5.56. The molecule has 3 atom stereocenters. The maximum Gasteiger partial charge on any atom is 0.0702 e. The van der Waals surface area contributed by atoms with E-state index < -0.39 is 0 Å². The highest BCUT2D eigenvalue weighted by Gasteiger charge is 2.48. The minimum atomic E-state index is 0.381. The molecule has 1 saturated carbocycles. The molecule has 3 rings (SSSR count). The van der Waals surface area contributed by atoms with E-state index in [-0.39, 0.29) is 0 Å². The zero-order valence-corrected chi connectivity index (χ0v) is 12.7.